The van der Waals surface area contributed by atoms with Gasteiger partial charge in [-0.3, -0.25) is 9.59 Å². The van der Waals surface area contributed by atoms with Crippen molar-refractivity contribution in [2.45, 2.75) is 6.42 Å². The third-order valence-electron chi connectivity index (χ3n) is 3.29. The van der Waals surface area contributed by atoms with Crippen LogP contribution in [-0.4, -0.2) is 42.5 Å². The van der Waals surface area contributed by atoms with Crippen molar-refractivity contribution in [3.05, 3.63) is 23.3 Å². The molecule has 1 aromatic carbocycles. The van der Waals surface area contributed by atoms with Crippen molar-refractivity contribution in [1.82, 2.24) is 5.32 Å². The molecule has 5 nitrogen and oxygen atoms in total. The monoisotopic (exact) mass is 295 g/mol. The molecule has 0 spiro atoms. The van der Waals surface area contributed by atoms with Crippen molar-refractivity contribution >= 4 is 24.0 Å². The zero-order valence-electron chi connectivity index (χ0n) is 11.2. The molecule has 0 bridgehead atoms. The number of nitrogens with one attached hydrogen (secondary N) is 1. The van der Waals surface area contributed by atoms with Crippen molar-refractivity contribution < 1.29 is 19.4 Å². The SMILES string of the molecule is COc1cc(C(=O)NCC2CCSC2)cc(C=O)c1O. The summed E-state index contributed by atoms with van der Waals surface area (Å²) in [6.07, 6.45) is 1.62. The number of carbonyl (C=O) groups excluding carboxylic acids is 2. The van der Waals surface area contributed by atoms with Gasteiger partial charge >= 0.3 is 0 Å². The van der Waals surface area contributed by atoms with E-state index in [1.807, 2.05) is 11.8 Å². The number of carbonyl (C=O) groups is 2. The van der Waals surface area contributed by atoms with E-state index in [0.29, 0.717) is 24.3 Å². The number of amides is 1. The van der Waals surface area contributed by atoms with Gasteiger partial charge in [0.25, 0.3) is 5.91 Å². The predicted molar refractivity (Wildman–Crippen MR) is 77.8 cm³/mol. The van der Waals surface area contributed by atoms with Crippen LogP contribution >= 0.6 is 11.8 Å². The quantitative estimate of drug-likeness (QED) is 0.809. The van der Waals surface area contributed by atoms with Crippen molar-refractivity contribution in [2.75, 3.05) is 25.2 Å². The number of hydrogen-bond acceptors (Lipinski definition) is 5. The van der Waals surface area contributed by atoms with Crippen LogP contribution in [-0.2, 0) is 0 Å². The smallest absolute Gasteiger partial charge is 0.251 e. The minimum Gasteiger partial charge on any atom is -0.504 e. The van der Waals surface area contributed by atoms with Crippen molar-refractivity contribution in [2.24, 2.45) is 5.92 Å². The lowest BCUT2D eigenvalue weighted by Crippen LogP contribution is -2.29. The van der Waals surface area contributed by atoms with E-state index < -0.39 is 0 Å². The minimum absolute atomic E-state index is 0.0471. The molecular weight excluding hydrogens is 278 g/mol. The Labute approximate surface area is 121 Å². The highest BCUT2D eigenvalue weighted by atomic mass is 32.2. The molecule has 1 heterocycles. The maximum Gasteiger partial charge on any atom is 0.251 e. The summed E-state index contributed by atoms with van der Waals surface area (Å²) in [5.74, 6) is 2.33. The second-order valence-electron chi connectivity index (χ2n) is 4.67. The van der Waals surface area contributed by atoms with Gasteiger partial charge in [0.1, 0.15) is 0 Å². The maximum absolute atomic E-state index is 12.1. The van der Waals surface area contributed by atoms with E-state index in [1.165, 1.54) is 19.2 Å². The Balaban J connectivity index is 2.10. The molecule has 0 aliphatic carbocycles. The maximum atomic E-state index is 12.1. The van der Waals surface area contributed by atoms with E-state index >= 15 is 0 Å². The van der Waals surface area contributed by atoms with Crippen LogP contribution in [0.2, 0.25) is 0 Å². The molecule has 0 aromatic heterocycles. The first kappa shape index (κ1) is 14.7. The molecule has 2 N–H and O–H groups in total. The second-order valence-corrected chi connectivity index (χ2v) is 5.82. The number of phenols is 1. The molecule has 2 rings (SSSR count). The summed E-state index contributed by atoms with van der Waals surface area (Å²) >= 11 is 1.89. The number of methoxy groups -OCH3 is 1. The largest absolute Gasteiger partial charge is 0.504 e. The van der Waals surface area contributed by atoms with Gasteiger partial charge in [-0.2, -0.15) is 11.8 Å². The first-order chi connectivity index (χ1) is 9.65. The minimum atomic E-state index is -0.261. The van der Waals surface area contributed by atoms with Gasteiger partial charge in [-0.15, -0.1) is 0 Å². The Kier molecular flexibility index (Phi) is 4.89. The highest BCUT2D eigenvalue weighted by Gasteiger charge is 2.18. The van der Waals surface area contributed by atoms with Crippen LogP contribution in [0.1, 0.15) is 27.1 Å². The number of hydrogen-bond donors (Lipinski definition) is 2. The third-order valence-corrected chi connectivity index (χ3v) is 4.52. The van der Waals surface area contributed by atoms with E-state index in [2.05, 4.69) is 5.32 Å². The molecule has 1 fully saturated rings. The standard InChI is InChI=1S/C14H17NO4S/c1-19-12-5-10(4-11(7-16)13(12)17)14(18)15-6-9-2-3-20-8-9/h4-5,7,9,17H,2-3,6,8H2,1H3,(H,15,18). The van der Waals surface area contributed by atoms with E-state index in [4.69, 9.17) is 4.74 Å². The summed E-state index contributed by atoms with van der Waals surface area (Å²) in [5, 5.41) is 12.6. The third kappa shape index (κ3) is 3.25. The fourth-order valence-electron chi connectivity index (χ4n) is 2.09. The molecular formula is C14H17NO4S. The summed E-state index contributed by atoms with van der Waals surface area (Å²) in [5.41, 5.74) is 0.360. The van der Waals surface area contributed by atoms with Gasteiger partial charge in [0.05, 0.1) is 12.7 Å². The number of aldehydes is 1. The second kappa shape index (κ2) is 6.65. The van der Waals surface area contributed by atoms with E-state index in [0.717, 1.165) is 17.9 Å². The fourth-order valence-corrected chi connectivity index (χ4v) is 3.37. The number of aromatic hydroxyl groups is 1. The number of ether oxygens (including phenoxy) is 1. The molecule has 6 heteroatoms. The summed E-state index contributed by atoms with van der Waals surface area (Å²) < 4.78 is 4.96. The van der Waals surface area contributed by atoms with E-state index in [9.17, 15) is 14.7 Å². The number of benzene rings is 1. The number of thioether (sulfide) groups is 1. The van der Waals surface area contributed by atoms with E-state index in [-0.39, 0.29) is 23.0 Å². The van der Waals surface area contributed by atoms with Crippen LogP contribution in [0.15, 0.2) is 12.1 Å². The summed E-state index contributed by atoms with van der Waals surface area (Å²) in [6.45, 7) is 0.630. The Hall–Kier alpha value is -1.69. The molecule has 1 aliphatic rings. The lowest BCUT2D eigenvalue weighted by atomic mass is 10.1. The highest BCUT2D eigenvalue weighted by Crippen LogP contribution is 2.30. The molecule has 0 saturated carbocycles. The van der Waals surface area contributed by atoms with Crippen molar-refractivity contribution in [3.63, 3.8) is 0 Å². The Morgan fingerprint density at radius 2 is 2.40 bits per heavy atom. The number of rotatable bonds is 5. The molecule has 1 saturated heterocycles. The first-order valence-corrected chi connectivity index (χ1v) is 7.53. The average Bonchev–Trinajstić information content (AvgIpc) is 2.98. The molecule has 108 valence electrons. The first-order valence-electron chi connectivity index (χ1n) is 6.37. The van der Waals surface area contributed by atoms with Gasteiger partial charge in [0.2, 0.25) is 0 Å². The Bertz CT molecular complexity index is 512. The van der Waals surface area contributed by atoms with Gasteiger partial charge in [0.15, 0.2) is 17.8 Å². The lowest BCUT2D eigenvalue weighted by Gasteiger charge is -2.12. The highest BCUT2D eigenvalue weighted by molar-refractivity contribution is 7.99. The van der Waals surface area contributed by atoms with Crippen LogP contribution in [0.5, 0.6) is 11.5 Å². The molecule has 1 amide bonds. The van der Waals surface area contributed by atoms with Crippen molar-refractivity contribution in [1.29, 1.82) is 0 Å². The van der Waals surface area contributed by atoms with Gasteiger partial charge in [-0.05, 0) is 36.0 Å². The molecule has 20 heavy (non-hydrogen) atoms. The van der Waals surface area contributed by atoms with Crippen LogP contribution in [0.3, 0.4) is 0 Å². The van der Waals surface area contributed by atoms with Crippen molar-refractivity contribution in [3.8, 4) is 11.5 Å². The molecule has 1 aromatic rings. The predicted octanol–water partition coefficient (Wildman–Crippen LogP) is 1.70. The molecule has 0 radical (unpaired) electrons. The molecule has 1 unspecified atom stereocenters. The van der Waals surface area contributed by atoms with Gasteiger partial charge in [0, 0.05) is 12.1 Å². The summed E-state index contributed by atoms with van der Waals surface area (Å²) in [6, 6.07) is 2.80. The van der Waals surface area contributed by atoms with E-state index in [1.54, 1.807) is 0 Å². The van der Waals surface area contributed by atoms with Gasteiger partial charge in [-0.1, -0.05) is 0 Å². The average molecular weight is 295 g/mol. The topological polar surface area (TPSA) is 75.6 Å². The zero-order valence-corrected chi connectivity index (χ0v) is 12.0. The zero-order chi connectivity index (χ0) is 14.5. The van der Waals surface area contributed by atoms with Crippen LogP contribution in [0.4, 0.5) is 0 Å². The van der Waals surface area contributed by atoms with Gasteiger partial charge in [-0.25, -0.2) is 0 Å². The summed E-state index contributed by atoms with van der Waals surface area (Å²) in [4.78, 5) is 23.0. The van der Waals surface area contributed by atoms with Crippen LogP contribution in [0.25, 0.3) is 0 Å². The number of phenolic OH excluding ortho intramolecular Hbond substituents is 1. The lowest BCUT2D eigenvalue weighted by molar-refractivity contribution is 0.0948. The molecule has 1 atom stereocenters. The van der Waals surface area contributed by atoms with Crippen LogP contribution < -0.4 is 10.1 Å². The normalized spacial score (nSPS) is 17.8. The molecule has 1 aliphatic heterocycles. The van der Waals surface area contributed by atoms with Gasteiger partial charge < -0.3 is 15.2 Å². The van der Waals surface area contributed by atoms with Crippen LogP contribution in [0, 0.1) is 5.92 Å². The summed E-state index contributed by atoms with van der Waals surface area (Å²) in [7, 11) is 1.38. The Morgan fingerprint density at radius 1 is 1.60 bits per heavy atom. The fraction of sp³-hybridized carbons (Fsp3) is 0.429. The Morgan fingerprint density at radius 3 is 3.00 bits per heavy atom.